The molecular formula is C14H22BNO3. The summed E-state index contributed by atoms with van der Waals surface area (Å²) in [5.74, 6) is 0.692. The summed E-state index contributed by atoms with van der Waals surface area (Å²) in [4.78, 5) is 2.48. The molecular weight excluding hydrogens is 241 g/mol. The predicted octanol–water partition coefficient (Wildman–Crippen LogP) is 0.620. The fourth-order valence-electron chi connectivity index (χ4n) is 2.25. The zero-order valence-electron chi connectivity index (χ0n) is 11.5. The van der Waals surface area contributed by atoms with E-state index in [1.165, 1.54) is 19.3 Å². The first-order chi connectivity index (χ1) is 9.20. The topological polar surface area (TPSA) is 52.9 Å². The van der Waals surface area contributed by atoms with Gasteiger partial charge in [-0.3, -0.25) is 4.90 Å². The van der Waals surface area contributed by atoms with Gasteiger partial charge in [0.15, 0.2) is 0 Å². The van der Waals surface area contributed by atoms with Gasteiger partial charge in [-0.2, -0.15) is 0 Å². The third-order valence-electron chi connectivity index (χ3n) is 3.38. The minimum Gasteiger partial charge on any atom is -0.492 e. The Kier molecular flexibility index (Phi) is 5.25. The summed E-state index contributed by atoms with van der Waals surface area (Å²) in [7, 11) is -1.44. The van der Waals surface area contributed by atoms with E-state index in [0.717, 1.165) is 19.1 Å². The number of nitrogens with zero attached hydrogens (tertiary/aromatic N) is 1. The molecule has 19 heavy (non-hydrogen) atoms. The van der Waals surface area contributed by atoms with E-state index in [0.29, 0.717) is 17.8 Å². The van der Waals surface area contributed by atoms with E-state index in [1.54, 1.807) is 18.2 Å². The summed E-state index contributed by atoms with van der Waals surface area (Å²) >= 11 is 0. The molecule has 0 aliphatic heterocycles. The molecule has 1 aliphatic rings. The lowest BCUT2D eigenvalue weighted by Crippen LogP contribution is -2.32. The van der Waals surface area contributed by atoms with Crippen molar-refractivity contribution < 1.29 is 14.8 Å². The van der Waals surface area contributed by atoms with Crippen molar-refractivity contribution in [1.82, 2.24) is 4.90 Å². The molecule has 0 bridgehead atoms. The van der Waals surface area contributed by atoms with Gasteiger partial charge in [0.2, 0.25) is 0 Å². The lowest BCUT2D eigenvalue weighted by atomic mass is 9.80. The molecule has 0 heterocycles. The van der Waals surface area contributed by atoms with Crippen LogP contribution in [0, 0.1) is 0 Å². The Morgan fingerprint density at radius 1 is 1.32 bits per heavy atom. The standard InChI is InChI=1S/C14H22BNO3/c1-2-8-16(13-6-7-13)9-10-19-14-5-3-4-12(11-14)15(17)18/h3-5,11,13,17-18H,2,6-10H2,1H3. The van der Waals surface area contributed by atoms with Gasteiger partial charge in [0.25, 0.3) is 0 Å². The van der Waals surface area contributed by atoms with Crippen molar-refractivity contribution in [1.29, 1.82) is 0 Å². The van der Waals surface area contributed by atoms with Crippen molar-refractivity contribution in [3.63, 3.8) is 0 Å². The summed E-state index contributed by atoms with van der Waals surface area (Å²) in [6, 6.07) is 7.72. The first-order valence-corrected chi connectivity index (χ1v) is 7.03. The Hall–Kier alpha value is -1.04. The minimum absolute atomic E-state index is 0.463. The zero-order chi connectivity index (χ0) is 13.7. The number of benzene rings is 1. The summed E-state index contributed by atoms with van der Waals surface area (Å²) < 4.78 is 5.69. The first kappa shape index (κ1) is 14.4. The monoisotopic (exact) mass is 263 g/mol. The molecule has 0 radical (unpaired) electrons. The second-order valence-corrected chi connectivity index (χ2v) is 5.06. The van der Waals surface area contributed by atoms with Gasteiger partial charge in [0, 0.05) is 12.6 Å². The van der Waals surface area contributed by atoms with Crippen LogP contribution in [0.4, 0.5) is 0 Å². The zero-order valence-corrected chi connectivity index (χ0v) is 11.5. The molecule has 0 saturated heterocycles. The van der Waals surface area contributed by atoms with E-state index in [1.807, 2.05) is 6.07 Å². The van der Waals surface area contributed by atoms with Crippen molar-refractivity contribution in [2.75, 3.05) is 19.7 Å². The van der Waals surface area contributed by atoms with Crippen LogP contribution in [-0.2, 0) is 0 Å². The van der Waals surface area contributed by atoms with Crippen LogP contribution in [0.1, 0.15) is 26.2 Å². The van der Waals surface area contributed by atoms with Gasteiger partial charge in [-0.15, -0.1) is 0 Å². The van der Waals surface area contributed by atoms with Crippen LogP contribution in [-0.4, -0.2) is 47.8 Å². The molecule has 1 aromatic carbocycles. The third-order valence-corrected chi connectivity index (χ3v) is 3.38. The van der Waals surface area contributed by atoms with Crippen LogP contribution in [0.2, 0.25) is 0 Å². The highest BCUT2D eigenvalue weighted by Gasteiger charge is 2.27. The summed E-state index contributed by atoms with van der Waals surface area (Å²) in [6.07, 6.45) is 3.79. The molecule has 0 amide bonds. The largest absolute Gasteiger partial charge is 0.492 e. The molecule has 5 heteroatoms. The van der Waals surface area contributed by atoms with Gasteiger partial charge >= 0.3 is 7.12 Å². The first-order valence-electron chi connectivity index (χ1n) is 7.03. The van der Waals surface area contributed by atoms with E-state index in [2.05, 4.69) is 11.8 Å². The van der Waals surface area contributed by atoms with Crippen molar-refractivity contribution in [3.8, 4) is 5.75 Å². The van der Waals surface area contributed by atoms with Gasteiger partial charge < -0.3 is 14.8 Å². The lowest BCUT2D eigenvalue weighted by Gasteiger charge is -2.21. The van der Waals surface area contributed by atoms with Crippen molar-refractivity contribution in [2.45, 2.75) is 32.2 Å². The van der Waals surface area contributed by atoms with Gasteiger partial charge in [0.05, 0.1) is 0 Å². The van der Waals surface area contributed by atoms with Crippen LogP contribution >= 0.6 is 0 Å². The van der Waals surface area contributed by atoms with Crippen molar-refractivity contribution in [3.05, 3.63) is 24.3 Å². The molecule has 1 aromatic rings. The molecule has 4 nitrogen and oxygen atoms in total. The van der Waals surface area contributed by atoms with Crippen LogP contribution in [0.25, 0.3) is 0 Å². The maximum Gasteiger partial charge on any atom is 0.488 e. The van der Waals surface area contributed by atoms with Gasteiger partial charge in [-0.25, -0.2) is 0 Å². The SMILES string of the molecule is CCCN(CCOc1cccc(B(O)O)c1)C1CC1. The van der Waals surface area contributed by atoms with Gasteiger partial charge in [-0.1, -0.05) is 19.1 Å². The second kappa shape index (κ2) is 6.94. The fraction of sp³-hybridized carbons (Fsp3) is 0.571. The average Bonchev–Trinajstić information content (AvgIpc) is 3.22. The number of hydrogen-bond donors (Lipinski definition) is 2. The molecule has 104 valence electrons. The Balaban J connectivity index is 1.79. The molecule has 0 aromatic heterocycles. The Labute approximate surface area is 115 Å². The molecule has 2 N–H and O–H groups in total. The van der Waals surface area contributed by atoms with Gasteiger partial charge in [-0.05, 0) is 43.4 Å². The van der Waals surface area contributed by atoms with Crippen LogP contribution < -0.4 is 10.2 Å². The minimum atomic E-state index is -1.44. The summed E-state index contributed by atoms with van der Waals surface area (Å²) in [5.41, 5.74) is 0.463. The lowest BCUT2D eigenvalue weighted by molar-refractivity contribution is 0.202. The van der Waals surface area contributed by atoms with E-state index in [-0.39, 0.29) is 0 Å². The van der Waals surface area contributed by atoms with Gasteiger partial charge in [0.1, 0.15) is 12.4 Å². The summed E-state index contributed by atoms with van der Waals surface area (Å²) in [6.45, 7) is 4.90. The highest BCUT2D eigenvalue weighted by Crippen LogP contribution is 2.26. The fourth-order valence-corrected chi connectivity index (χ4v) is 2.25. The van der Waals surface area contributed by atoms with Crippen LogP contribution in [0.3, 0.4) is 0 Å². The Morgan fingerprint density at radius 2 is 2.11 bits per heavy atom. The molecule has 0 spiro atoms. The summed E-state index contributed by atoms with van der Waals surface area (Å²) in [5, 5.41) is 18.2. The molecule has 1 saturated carbocycles. The highest BCUT2D eigenvalue weighted by molar-refractivity contribution is 6.58. The average molecular weight is 263 g/mol. The smallest absolute Gasteiger partial charge is 0.488 e. The predicted molar refractivity (Wildman–Crippen MR) is 76.6 cm³/mol. The van der Waals surface area contributed by atoms with E-state index in [9.17, 15) is 0 Å². The van der Waals surface area contributed by atoms with E-state index in [4.69, 9.17) is 14.8 Å². The highest BCUT2D eigenvalue weighted by atomic mass is 16.5. The van der Waals surface area contributed by atoms with Crippen molar-refractivity contribution in [2.24, 2.45) is 0 Å². The molecule has 0 atom stereocenters. The third kappa shape index (κ3) is 4.53. The molecule has 1 aliphatic carbocycles. The van der Waals surface area contributed by atoms with E-state index < -0.39 is 7.12 Å². The van der Waals surface area contributed by atoms with Crippen LogP contribution in [0.15, 0.2) is 24.3 Å². The quantitative estimate of drug-likeness (QED) is 0.675. The maximum atomic E-state index is 9.10. The maximum absolute atomic E-state index is 9.10. The Morgan fingerprint density at radius 3 is 2.74 bits per heavy atom. The second-order valence-electron chi connectivity index (χ2n) is 5.06. The van der Waals surface area contributed by atoms with Crippen LogP contribution in [0.5, 0.6) is 5.75 Å². The number of rotatable bonds is 8. The van der Waals surface area contributed by atoms with E-state index >= 15 is 0 Å². The molecule has 1 fully saturated rings. The van der Waals surface area contributed by atoms with Crippen molar-refractivity contribution >= 4 is 12.6 Å². The number of ether oxygens (including phenoxy) is 1. The normalized spacial score (nSPS) is 14.7. The Bertz CT molecular complexity index is 396. The molecule has 0 unspecified atom stereocenters. The molecule has 2 rings (SSSR count). The number of hydrogen-bond acceptors (Lipinski definition) is 4.